The molecule has 124 valence electrons. The highest BCUT2D eigenvalue weighted by atomic mass is 32.2. The van der Waals surface area contributed by atoms with Gasteiger partial charge in [0.1, 0.15) is 11.5 Å². The number of hydrogen-bond acceptors (Lipinski definition) is 4. The third kappa shape index (κ3) is 3.91. The van der Waals surface area contributed by atoms with Crippen LogP contribution in [0.2, 0.25) is 0 Å². The Morgan fingerprint density at radius 3 is 2.59 bits per heavy atom. The van der Waals surface area contributed by atoms with Gasteiger partial charge in [0.2, 0.25) is 10.0 Å². The van der Waals surface area contributed by atoms with Crippen LogP contribution in [0.4, 0.5) is 0 Å². The maximum atomic E-state index is 11.5. The summed E-state index contributed by atoms with van der Waals surface area (Å²) < 4.78 is 30.4. The predicted octanol–water partition coefficient (Wildman–Crippen LogP) is 2.16. The van der Waals surface area contributed by atoms with Gasteiger partial charge in [-0.25, -0.2) is 12.7 Å². The summed E-state index contributed by atoms with van der Waals surface area (Å²) in [6.07, 6.45) is 4.41. The molecule has 2 fully saturated rings. The molecule has 2 aliphatic rings. The lowest BCUT2D eigenvalue weighted by atomic mass is 9.98. The van der Waals surface area contributed by atoms with Crippen molar-refractivity contribution in [1.82, 2.24) is 9.62 Å². The molecule has 22 heavy (non-hydrogen) atoms. The van der Waals surface area contributed by atoms with Crippen LogP contribution < -0.4 is 5.32 Å². The zero-order chi connectivity index (χ0) is 15.7. The highest BCUT2D eigenvalue weighted by molar-refractivity contribution is 7.88. The number of rotatable bonds is 6. The second kappa shape index (κ2) is 6.34. The van der Waals surface area contributed by atoms with Gasteiger partial charge >= 0.3 is 0 Å². The van der Waals surface area contributed by atoms with E-state index in [9.17, 15) is 8.42 Å². The van der Waals surface area contributed by atoms with Gasteiger partial charge in [-0.05, 0) is 49.8 Å². The molecule has 1 saturated heterocycles. The first-order valence-electron chi connectivity index (χ1n) is 8.18. The molecule has 2 heterocycles. The van der Waals surface area contributed by atoms with E-state index in [1.165, 1.54) is 12.7 Å². The van der Waals surface area contributed by atoms with Crippen LogP contribution in [0.25, 0.3) is 0 Å². The molecule has 1 aromatic rings. The maximum Gasteiger partial charge on any atom is 0.211 e. The van der Waals surface area contributed by atoms with Gasteiger partial charge in [-0.1, -0.05) is 6.92 Å². The number of sulfonamides is 1. The highest BCUT2D eigenvalue weighted by Crippen LogP contribution is 2.47. The molecule has 0 aromatic carbocycles. The van der Waals surface area contributed by atoms with Crippen molar-refractivity contribution in [3.63, 3.8) is 0 Å². The van der Waals surface area contributed by atoms with Crippen LogP contribution in [0.15, 0.2) is 16.5 Å². The van der Waals surface area contributed by atoms with E-state index in [2.05, 4.69) is 24.4 Å². The normalized spacial score (nSPS) is 27.2. The molecule has 0 bridgehead atoms. The summed E-state index contributed by atoms with van der Waals surface area (Å²) in [6, 6.07) is 4.18. The molecule has 0 amide bonds. The average molecular weight is 326 g/mol. The number of nitrogens with one attached hydrogen (secondary N) is 1. The minimum atomic E-state index is -3.02. The Balaban J connectivity index is 1.38. The fourth-order valence-corrected chi connectivity index (χ4v) is 4.13. The largest absolute Gasteiger partial charge is 0.464 e. The second-order valence-corrected chi connectivity index (χ2v) is 8.84. The Morgan fingerprint density at radius 1 is 1.32 bits per heavy atom. The molecular weight excluding hydrogens is 300 g/mol. The van der Waals surface area contributed by atoms with E-state index in [1.54, 1.807) is 4.31 Å². The molecule has 1 aliphatic carbocycles. The molecule has 2 unspecified atom stereocenters. The van der Waals surface area contributed by atoms with Gasteiger partial charge in [0.25, 0.3) is 0 Å². The van der Waals surface area contributed by atoms with Crippen molar-refractivity contribution >= 4 is 10.0 Å². The van der Waals surface area contributed by atoms with Gasteiger partial charge in [0, 0.05) is 19.0 Å². The minimum absolute atomic E-state index is 0.552. The summed E-state index contributed by atoms with van der Waals surface area (Å²) in [5, 5.41) is 3.45. The molecule has 0 spiro atoms. The first kappa shape index (κ1) is 16.0. The second-order valence-electron chi connectivity index (χ2n) is 6.86. The molecule has 1 aromatic heterocycles. The topological polar surface area (TPSA) is 62.6 Å². The van der Waals surface area contributed by atoms with E-state index in [1.807, 2.05) is 0 Å². The number of furan rings is 1. The monoisotopic (exact) mass is 326 g/mol. The highest BCUT2D eigenvalue weighted by Gasteiger charge is 2.36. The van der Waals surface area contributed by atoms with Crippen LogP contribution in [0.5, 0.6) is 0 Å². The average Bonchev–Trinajstić information content (AvgIpc) is 3.01. The molecule has 5 nitrogen and oxygen atoms in total. The molecule has 1 aliphatic heterocycles. The van der Waals surface area contributed by atoms with Gasteiger partial charge < -0.3 is 9.73 Å². The number of hydrogen-bond donors (Lipinski definition) is 1. The lowest BCUT2D eigenvalue weighted by molar-refractivity contribution is 0.266. The third-order valence-electron chi connectivity index (χ3n) is 4.93. The minimum Gasteiger partial charge on any atom is -0.464 e. The van der Waals surface area contributed by atoms with E-state index in [0.29, 0.717) is 24.9 Å². The SMILES string of the molecule is CC1CC1c1ccc(CNCC2CCN(S(C)(=O)=O)CC2)o1. The number of piperidine rings is 1. The molecule has 3 rings (SSSR count). The summed E-state index contributed by atoms with van der Waals surface area (Å²) in [6.45, 7) is 5.24. The fourth-order valence-electron chi connectivity index (χ4n) is 3.25. The van der Waals surface area contributed by atoms with E-state index in [0.717, 1.165) is 43.4 Å². The summed E-state index contributed by atoms with van der Waals surface area (Å²) >= 11 is 0. The molecule has 1 saturated carbocycles. The van der Waals surface area contributed by atoms with Crippen LogP contribution in [0.1, 0.15) is 43.6 Å². The number of nitrogens with zero attached hydrogens (tertiary/aromatic N) is 1. The predicted molar refractivity (Wildman–Crippen MR) is 86.1 cm³/mol. The Kier molecular flexibility index (Phi) is 4.61. The van der Waals surface area contributed by atoms with Crippen LogP contribution in [-0.2, 0) is 16.6 Å². The van der Waals surface area contributed by atoms with Crippen molar-refractivity contribution in [2.45, 2.75) is 38.6 Å². The zero-order valence-corrected chi connectivity index (χ0v) is 14.2. The smallest absolute Gasteiger partial charge is 0.211 e. The molecule has 6 heteroatoms. The first-order chi connectivity index (χ1) is 10.4. The maximum absolute atomic E-state index is 11.5. The fraction of sp³-hybridized carbons (Fsp3) is 0.750. The molecule has 2 atom stereocenters. The summed E-state index contributed by atoms with van der Waals surface area (Å²) in [7, 11) is -3.02. The quantitative estimate of drug-likeness (QED) is 0.870. The Labute approximate surface area is 133 Å². The Bertz CT molecular complexity index is 603. The molecule has 0 radical (unpaired) electrons. The van der Waals surface area contributed by atoms with Gasteiger partial charge in [0.05, 0.1) is 12.8 Å². The van der Waals surface area contributed by atoms with Crippen molar-refractivity contribution in [2.24, 2.45) is 11.8 Å². The lowest BCUT2D eigenvalue weighted by Crippen LogP contribution is -2.40. The summed E-state index contributed by atoms with van der Waals surface area (Å²) in [5.41, 5.74) is 0. The van der Waals surface area contributed by atoms with E-state index in [4.69, 9.17) is 4.42 Å². The van der Waals surface area contributed by atoms with E-state index >= 15 is 0 Å². The van der Waals surface area contributed by atoms with Crippen LogP contribution >= 0.6 is 0 Å². The zero-order valence-electron chi connectivity index (χ0n) is 13.4. The van der Waals surface area contributed by atoms with Gasteiger partial charge in [-0.15, -0.1) is 0 Å². The standard InChI is InChI=1S/C16H26N2O3S/c1-12-9-15(12)16-4-3-14(21-16)11-17-10-13-5-7-18(8-6-13)22(2,19)20/h3-4,12-13,15,17H,5-11H2,1-2H3. The lowest BCUT2D eigenvalue weighted by Gasteiger charge is -2.30. The van der Waals surface area contributed by atoms with Crippen LogP contribution in [0, 0.1) is 11.8 Å². The summed E-state index contributed by atoms with van der Waals surface area (Å²) in [5.74, 6) is 4.09. The van der Waals surface area contributed by atoms with Gasteiger partial charge in [0.15, 0.2) is 0 Å². The van der Waals surface area contributed by atoms with Crippen LogP contribution in [-0.4, -0.2) is 38.6 Å². The Morgan fingerprint density at radius 2 is 2.00 bits per heavy atom. The van der Waals surface area contributed by atoms with Gasteiger partial charge in [-0.3, -0.25) is 0 Å². The van der Waals surface area contributed by atoms with Crippen molar-refractivity contribution in [3.8, 4) is 0 Å². The van der Waals surface area contributed by atoms with Crippen molar-refractivity contribution in [1.29, 1.82) is 0 Å². The third-order valence-corrected chi connectivity index (χ3v) is 6.24. The van der Waals surface area contributed by atoms with Crippen LogP contribution in [0.3, 0.4) is 0 Å². The van der Waals surface area contributed by atoms with Gasteiger partial charge in [-0.2, -0.15) is 0 Å². The first-order valence-corrected chi connectivity index (χ1v) is 10.0. The molecular formula is C16H26N2O3S. The Hall–Kier alpha value is -0.850. The van der Waals surface area contributed by atoms with Crippen molar-refractivity contribution < 1.29 is 12.8 Å². The van der Waals surface area contributed by atoms with E-state index < -0.39 is 10.0 Å². The summed E-state index contributed by atoms with van der Waals surface area (Å²) in [4.78, 5) is 0. The molecule has 1 N–H and O–H groups in total. The van der Waals surface area contributed by atoms with E-state index in [-0.39, 0.29) is 0 Å². The van der Waals surface area contributed by atoms with Crippen molar-refractivity contribution in [3.05, 3.63) is 23.7 Å². The van der Waals surface area contributed by atoms with Crippen molar-refractivity contribution in [2.75, 3.05) is 25.9 Å².